The normalized spacial score (nSPS) is 12.5. The average molecular weight is 642 g/mol. The van der Waals surface area contributed by atoms with Crippen molar-refractivity contribution in [1.82, 2.24) is 30.0 Å². The molecular formula is C30H30F3N7O6. The third-order valence-electron chi connectivity index (χ3n) is 6.92. The first-order valence-electron chi connectivity index (χ1n) is 13.9. The lowest BCUT2D eigenvalue weighted by molar-refractivity contribution is -0.141. The van der Waals surface area contributed by atoms with Crippen LogP contribution in [-0.4, -0.2) is 55.7 Å². The molecule has 0 radical (unpaired) electrons. The van der Waals surface area contributed by atoms with Crippen molar-refractivity contribution in [1.29, 1.82) is 0 Å². The predicted molar refractivity (Wildman–Crippen MR) is 157 cm³/mol. The fourth-order valence-corrected chi connectivity index (χ4v) is 4.36. The molecule has 0 aliphatic heterocycles. The van der Waals surface area contributed by atoms with Crippen LogP contribution in [0.1, 0.15) is 55.7 Å². The molecule has 0 spiro atoms. The Morgan fingerprint density at radius 2 is 1.67 bits per heavy atom. The Labute approximate surface area is 260 Å². The number of nitrogens with zero attached hydrogens (tertiary/aromatic N) is 5. The number of hydrogen-bond acceptors (Lipinski definition) is 10. The molecule has 0 aliphatic carbocycles. The number of Topliss-reactive ketones (excluding diaryl/α,β-unsaturated/α-hetero) is 1. The SMILES string of the molecule is COC(=O)Nc1cnc(-c2ccccc2)n(CC(=O)N[C@@H](C(=O)c2nnc(C(C)(C)c3cccc(C(F)(F)F)n3)o2)C(C)C)c1=O. The number of amides is 2. The highest BCUT2D eigenvalue weighted by Crippen LogP contribution is 2.33. The summed E-state index contributed by atoms with van der Waals surface area (Å²) in [6, 6.07) is 10.7. The van der Waals surface area contributed by atoms with Crippen LogP contribution in [-0.2, 0) is 27.7 Å². The van der Waals surface area contributed by atoms with Gasteiger partial charge < -0.3 is 14.5 Å². The minimum absolute atomic E-state index is 0.0177. The van der Waals surface area contributed by atoms with E-state index in [1.54, 1.807) is 44.2 Å². The molecule has 4 aromatic rings. The molecule has 4 rings (SSSR count). The zero-order chi connectivity index (χ0) is 33.8. The average Bonchev–Trinajstić information content (AvgIpc) is 3.53. The first kappa shape index (κ1) is 33.5. The Hall–Kier alpha value is -5.41. The number of rotatable bonds is 10. The number of ether oxygens (including phenoxy) is 1. The maximum absolute atomic E-state index is 13.5. The number of alkyl halides is 3. The van der Waals surface area contributed by atoms with E-state index in [2.05, 4.69) is 35.5 Å². The molecule has 0 saturated carbocycles. The van der Waals surface area contributed by atoms with Gasteiger partial charge in [-0.1, -0.05) is 50.2 Å². The summed E-state index contributed by atoms with van der Waals surface area (Å²) in [5.41, 5.74) is -2.93. The number of halogens is 3. The van der Waals surface area contributed by atoms with Crippen LogP contribution in [0.25, 0.3) is 11.4 Å². The van der Waals surface area contributed by atoms with Crippen molar-refractivity contribution in [3.8, 4) is 11.4 Å². The number of carbonyl (C=O) groups is 3. The summed E-state index contributed by atoms with van der Waals surface area (Å²) >= 11 is 0. The Kier molecular flexibility index (Phi) is 9.68. The van der Waals surface area contributed by atoms with Crippen LogP contribution >= 0.6 is 0 Å². The fraction of sp³-hybridized carbons (Fsp3) is 0.333. The molecule has 0 saturated heterocycles. The number of pyridine rings is 1. The van der Waals surface area contributed by atoms with Gasteiger partial charge in [-0.15, -0.1) is 10.2 Å². The quantitative estimate of drug-likeness (QED) is 0.239. The minimum Gasteiger partial charge on any atom is -0.453 e. The van der Waals surface area contributed by atoms with Crippen LogP contribution in [0.15, 0.2) is 63.9 Å². The van der Waals surface area contributed by atoms with Gasteiger partial charge in [0.2, 0.25) is 17.6 Å². The van der Waals surface area contributed by atoms with Crippen molar-refractivity contribution in [2.45, 2.75) is 51.9 Å². The summed E-state index contributed by atoms with van der Waals surface area (Å²) in [5, 5.41) is 12.5. The Bertz CT molecular complexity index is 1800. The van der Waals surface area contributed by atoms with Crippen LogP contribution in [0.4, 0.5) is 23.7 Å². The second-order valence-corrected chi connectivity index (χ2v) is 11.0. The Morgan fingerprint density at radius 1 is 1.00 bits per heavy atom. The summed E-state index contributed by atoms with van der Waals surface area (Å²) < 4.78 is 51.0. The molecule has 1 aromatic carbocycles. The predicted octanol–water partition coefficient (Wildman–Crippen LogP) is 4.24. The number of aromatic nitrogens is 5. The van der Waals surface area contributed by atoms with Gasteiger partial charge in [0.25, 0.3) is 11.4 Å². The summed E-state index contributed by atoms with van der Waals surface area (Å²) in [5.74, 6) is -2.55. The lowest BCUT2D eigenvalue weighted by atomic mass is 9.88. The number of carbonyl (C=O) groups excluding carboxylic acids is 3. The lowest BCUT2D eigenvalue weighted by Gasteiger charge is -2.21. The standard InChI is InChI=1S/C30H30F3N7O6/c1-16(2)22(23(42)25-38-39-27(46-25)29(3,4)19-12-9-13-20(36-19)30(31,32)33)37-21(41)15-40-24(17-10-7-6-8-11-17)34-14-18(26(40)43)35-28(44)45-5/h6-14,16,22H,15H2,1-5H3,(H,35,44)(H,37,41)/t22-/m1/s1. The van der Waals surface area contributed by atoms with Gasteiger partial charge in [-0.25, -0.2) is 14.8 Å². The summed E-state index contributed by atoms with van der Waals surface area (Å²) in [7, 11) is 1.12. The van der Waals surface area contributed by atoms with E-state index in [9.17, 15) is 32.3 Å². The van der Waals surface area contributed by atoms with Crippen LogP contribution < -0.4 is 16.2 Å². The third kappa shape index (κ3) is 7.27. The van der Waals surface area contributed by atoms with Crippen LogP contribution in [0, 0.1) is 5.92 Å². The molecule has 0 unspecified atom stereocenters. The number of anilines is 1. The molecule has 2 N–H and O–H groups in total. The van der Waals surface area contributed by atoms with E-state index in [0.717, 1.165) is 23.9 Å². The van der Waals surface area contributed by atoms with Crippen molar-refractivity contribution in [3.63, 3.8) is 0 Å². The van der Waals surface area contributed by atoms with Crippen molar-refractivity contribution in [2.75, 3.05) is 12.4 Å². The molecule has 16 heteroatoms. The van der Waals surface area contributed by atoms with E-state index in [1.165, 1.54) is 26.0 Å². The summed E-state index contributed by atoms with van der Waals surface area (Å²) in [6.07, 6.45) is -4.45. The van der Waals surface area contributed by atoms with E-state index in [4.69, 9.17) is 4.42 Å². The second kappa shape index (κ2) is 13.3. The maximum atomic E-state index is 13.5. The molecule has 13 nitrogen and oxygen atoms in total. The first-order chi connectivity index (χ1) is 21.6. The zero-order valence-corrected chi connectivity index (χ0v) is 25.4. The number of hydrogen-bond donors (Lipinski definition) is 2. The molecular weight excluding hydrogens is 611 g/mol. The number of benzene rings is 1. The van der Waals surface area contributed by atoms with Gasteiger partial charge in [0.1, 0.15) is 23.8 Å². The topological polar surface area (TPSA) is 171 Å². The maximum Gasteiger partial charge on any atom is 0.433 e. The molecule has 3 aromatic heterocycles. The van der Waals surface area contributed by atoms with E-state index in [-0.39, 0.29) is 23.1 Å². The molecule has 1 atom stereocenters. The third-order valence-corrected chi connectivity index (χ3v) is 6.92. The molecule has 46 heavy (non-hydrogen) atoms. The lowest BCUT2D eigenvalue weighted by Crippen LogP contribution is -2.46. The number of methoxy groups -OCH3 is 1. The highest BCUT2D eigenvalue weighted by Gasteiger charge is 2.38. The van der Waals surface area contributed by atoms with Gasteiger partial charge in [-0.3, -0.25) is 24.3 Å². The number of ketones is 1. The molecule has 0 bridgehead atoms. The summed E-state index contributed by atoms with van der Waals surface area (Å²) in [4.78, 5) is 59.8. The summed E-state index contributed by atoms with van der Waals surface area (Å²) in [6.45, 7) is 5.74. The van der Waals surface area contributed by atoms with E-state index in [1.807, 2.05) is 0 Å². The first-order valence-corrected chi connectivity index (χ1v) is 13.9. The van der Waals surface area contributed by atoms with Crippen LogP contribution in [0.3, 0.4) is 0 Å². The van der Waals surface area contributed by atoms with Gasteiger partial charge in [0.15, 0.2) is 0 Å². The molecule has 3 heterocycles. The highest BCUT2D eigenvalue weighted by molar-refractivity contribution is 5.98. The smallest absolute Gasteiger partial charge is 0.433 e. The minimum atomic E-state index is -4.67. The van der Waals surface area contributed by atoms with Gasteiger partial charge in [0, 0.05) is 5.56 Å². The van der Waals surface area contributed by atoms with E-state index >= 15 is 0 Å². The second-order valence-electron chi connectivity index (χ2n) is 11.0. The van der Waals surface area contributed by atoms with Gasteiger partial charge in [-0.05, 0) is 31.9 Å². The van der Waals surface area contributed by atoms with Crippen molar-refractivity contribution in [3.05, 3.63) is 88.3 Å². The zero-order valence-electron chi connectivity index (χ0n) is 25.4. The molecule has 2 amide bonds. The monoisotopic (exact) mass is 641 g/mol. The fourth-order valence-electron chi connectivity index (χ4n) is 4.36. The van der Waals surface area contributed by atoms with Crippen LogP contribution in [0.2, 0.25) is 0 Å². The van der Waals surface area contributed by atoms with Gasteiger partial charge in [-0.2, -0.15) is 13.2 Å². The van der Waals surface area contributed by atoms with Gasteiger partial charge >= 0.3 is 12.3 Å². The van der Waals surface area contributed by atoms with Crippen LogP contribution in [0.5, 0.6) is 0 Å². The molecule has 0 aliphatic rings. The number of nitrogens with one attached hydrogen (secondary N) is 2. The largest absolute Gasteiger partial charge is 0.453 e. The Morgan fingerprint density at radius 3 is 2.30 bits per heavy atom. The van der Waals surface area contributed by atoms with E-state index in [0.29, 0.717) is 5.56 Å². The molecule has 242 valence electrons. The Balaban J connectivity index is 1.60. The van der Waals surface area contributed by atoms with Crippen molar-refractivity contribution < 1.29 is 36.7 Å². The van der Waals surface area contributed by atoms with Crippen molar-refractivity contribution >= 4 is 23.5 Å². The molecule has 0 fully saturated rings. The van der Waals surface area contributed by atoms with E-state index < -0.39 is 65.0 Å². The van der Waals surface area contributed by atoms with Crippen molar-refractivity contribution in [2.24, 2.45) is 5.92 Å². The highest BCUT2D eigenvalue weighted by atomic mass is 19.4. The van der Waals surface area contributed by atoms with Gasteiger partial charge in [0.05, 0.1) is 30.5 Å².